The van der Waals surface area contributed by atoms with Gasteiger partial charge >= 0.3 is 5.97 Å². The van der Waals surface area contributed by atoms with E-state index in [0.29, 0.717) is 12.8 Å². The summed E-state index contributed by atoms with van der Waals surface area (Å²) in [6.45, 7) is 0. The first kappa shape index (κ1) is 9.32. The molecule has 0 saturated carbocycles. The number of rotatable bonds is 4. The summed E-state index contributed by atoms with van der Waals surface area (Å²) in [5.74, 6) is -0.0118. The number of carboxylic acid groups (broad SMARTS) is 1. The molecular weight excluding hydrogens is 224 g/mol. The molecule has 0 amide bonds. The Morgan fingerprint density at radius 1 is 1.75 bits per heavy atom. The van der Waals surface area contributed by atoms with Crippen LogP contribution in [0.25, 0.3) is 0 Å². The van der Waals surface area contributed by atoms with E-state index in [1.54, 1.807) is 12.3 Å². The lowest BCUT2D eigenvalue weighted by Crippen LogP contribution is -2.12. The first-order valence-electron chi connectivity index (χ1n) is 3.59. The predicted octanol–water partition coefficient (Wildman–Crippen LogP) is 2.06. The van der Waals surface area contributed by atoms with Crippen molar-refractivity contribution >= 4 is 21.9 Å². The van der Waals surface area contributed by atoms with Crippen LogP contribution >= 0.6 is 15.9 Å². The van der Waals surface area contributed by atoms with Crippen LogP contribution in [-0.4, -0.2) is 15.9 Å². The lowest BCUT2D eigenvalue weighted by Gasteiger charge is -2.00. The van der Waals surface area contributed by atoms with Crippen LogP contribution in [0.3, 0.4) is 0 Å². The molecule has 0 bridgehead atoms. The minimum Gasteiger partial charge on any atom is -0.480 e. The van der Waals surface area contributed by atoms with Crippen molar-refractivity contribution in [2.24, 2.45) is 0 Å². The second-order valence-electron chi connectivity index (χ2n) is 2.42. The average molecular weight is 233 g/mol. The molecule has 0 aliphatic heterocycles. The molecule has 0 aliphatic carbocycles. The van der Waals surface area contributed by atoms with E-state index in [4.69, 9.17) is 9.52 Å². The van der Waals surface area contributed by atoms with Crippen LogP contribution < -0.4 is 0 Å². The molecule has 0 aliphatic rings. The third-order valence-corrected chi connectivity index (χ3v) is 2.34. The van der Waals surface area contributed by atoms with Gasteiger partial charge in [-0.1, -0.05) is 15.9 Å². The summed E-state index contributed by atoms with van der Waals surface area (Å²) in [5, 5.41) is 8.53. The highest BCUT2D eigenvalue weighted by molar-refractivity contribution is 9.10. The lowest BCUT2D eigenvalue weighted by atomic mass is 10.2. The molecule has 0 aromatic carbocycles. The van der Waals surface area contributed by atoms with Gasteiger partial charge in [0.15, 0.2) is 0 Å². The summed E-state index contributed by atoms with van der Waals surface area (Å²) in [5.41, 5.74) is 0. The van der Waals surface area contributed by atoms with Gasteiger partial charge < -0.3 is 9.52 Å². The molecule has 1 heterocycles. The van der Waals surface area contributed by atoms with Gasteiger partial charge in [-0.15, -0.1) is 0 Å². The fraction of sp³-hybridized carbons (Fsp3) is 0.375. The van der Waals surface area contributed by atoms with Gasteiger partial charge in [-0.25, -0.2) is 0 Å². The molecule has 12 heavy (non-hydrogen) atoms. The summed E-state index contributed by atoms with van der Waals surface area (Å²) in [4.78, 5) is 9.90. The number of alkyl halides is 1. The highest BCUT2D eigenvalue weighted by Gasteiger charge is 2.12. The molecule has 1 aromatic rings. The fourth-order valence-corrected chi connectivity index (χ4v) is 1.08. The Labute approximate surface area is 78.5 Å². The predicted molar refractivity (Wildman–Crippen MR) is 47.4 cm³/mol. The Balaban J connectivity index is 2.31. The molecule has 0 saturated heterocycles. The van der Waals surface area contributed by atoms with Crippen LogP contribution in [0.1, 0.15) is 12.2 Å². The third kappa shape index (κ3) is 2.70. The summed E-state index contributed by atoms with van der Waals surface area (Å²) < 4.78 is 5.05. The number of hydrogen-bond acceptors (Lipinski definition) is 2. The van der Waals surface area contributed by atoms with Crippen molar-refractivity contribution in [3.63, 3.8) is 0 Å². The Bertz CT molecular complexity index is 243. The molecule has 0 spiro atoms. The molecule has 3 nitrogen and oxygen atoms in total. The van der Waals surface area contributed by atoms with Crippen LogP contribution in [0.4, 0.5) is 0 Å². The topological polar surface area (TPSA) is 50.4 Å². The van der Waals surface area contributed by atoms with E-state index in [0.717, 1.165) is 5.76 Å². The van der Waals surface area contributed by atoms with Crippen LogP contribution in [0, 0.1) is 0 Å². The lowest BCUT2D eigenvalue weighted by molar-refractivity contribution is -0.136. The second-order valence-corrected chi connectivity index (χ2v) is 3.53. The maximum Gasteiger partial charge on any atom is 0.317 e. The number of furan rings is 1. The zero-order valence-electron chi connectivity index (χ0n) is 6.37. The smallest absolute Gasteiger partial charge is 0.317 e. The van der Waals surface area contributed by atoms with E-state index < -0.39 is 10.8 Å². The quantitative estimate of drug-likeness (QED) is 0.809. The van der Waals surface area contributed by atoms with E-state index in [-0.39, 0.29) is 0 Å². The molecule has 1 aromatic heterocycles. The van der Waals surface area contributed by atoms with Crippen molar-refractivity contribution in [3.05, 3.63) is 24.2 Å². The molecule has 1 rings (SSSR count). The molecule has 1 N–H and O–H groups in total. The van der Waals surface area contributed by atoms with Crippen molar-refractivity contribution < 1.29 is 14.3 Å². The Hall–Kier alpha value is -0.770. The van der Waals surface area contributed by atoms with Gasteiger partial charge in [0.25, 0.3) is 0 Å². The van der Waals surface area contributed by atoms with E-state index in [2.05, 4.69) is 15.9 Å². The summed E-state index contributed by atoms with van der Waals surface area (Å²) >= 11 is 3.05. The number of carbonyl (C=O) groups is 1. The van der Waals surface area contributed by atoms with Crippen molar-refractivity contribution in [3.8, 4) is 0 Å². The standard InChI is InChI=1S/C8H9BrO3/c9-7(8(10)11)4-3-6-2-1-5-12-6/h1-2,5,7H,3-4H2,(H,10,11). The highest BCUT2D eigenvalue weighted by atomic mass is 79.9. The first-order chi connectivity index (χ1) is 5.70. The van der Waals surface area contributed by atoms with Crippen LogP contribution in [0.2, 0.25) is 0 Å². The number of aliphatic carboxylic acids is 1. The highest BCUT2D eigenvalue weighted by Crippen LogP contribution is 2.11. The molecule has 1 atom stereocenters. The molecule has 1 unspecified atom stereocenters. The Morgan fingerprint density at radius 2 is 2.50 bits per heavy atom. The zero-order chi connectivity index (χ0) is 8.97. The van der Waals surface area contributed by atoms with Crippen molar-refractivity contribution in [2.45, 2.75) is 17.7 Å². The van der Waals surface area contributed by atoms with Gasteiger partial charge in [-0.05, 0) is 18.6 Å². The Kier molecular flexibility index (Phi) is 3.34. The maximum atomic E-state index is 10.4. The molecule has 0 radical (unpaired) electrons. The van der Waals surface area contributed by atoms with E-state index in [9.17, 15) is 4.79 Å². The van der Waals surface area contributed by atoms with Crippen LogP contribution in [0.15, 0.2) is 22.8 Å². The number of carboxylic acids is 1. The molecule has 4 heteroatoms. The van der Waals surface area contributed by atoms with Crippen molar-refractivity contribution in [1.29, 1.82) is 0 Å². The monoisotopic (exact) mass is 232 g/mol. The van der Waals surface area contributed by atoms with Gasteiger partial charge in [0.2, 0.25) is 0 Å². The average Bonchev–Trinajstić information content (AvgIpc) is 2.51. The van der Waals surface area contributed by atoms with Crippen LogP contribution in [-0.2, 0) is 11.2 Å². The van der Waals surface area contributed by atoms with E-state index in [1.807, 2.05) is 6.07 Å². The SMILES string of the molecule is O=C(O)C(Br)CCc1ccco1. The molecular formula is C8H9BrO3. The molecule has 0 fully saturated rings. The van der Waals surface area contributed by atoms with Crippen molar-refractivity contribution in [2.75, 3.05) is 0 Å². The zero-order valence-corrected chi connectivity index (χ0v) is 7.95. The van der Waals surface area contributed by atoms with E-state index in [1.165, 1.54) is 0 Å². The summed E-state index contributed by atoms with van der Waals surface area (Å²) in [6, 6.07) is 3.63. The fourth-order valence-electron chi connectivity index (χ4n) is 0.847. The minimum absolute atomic E-state index is 0.484. The number of hydrogen-bond donors (Lipinski definition) is 1. The van der Waals surface area contributed by atoms with Gasteiger partial charge in [0, 0.05) is 6.42 Å². The summed E-state index contributed by atoms with van der Waals surface area (Å²) in [6.07, 6.45) is 2.78. The number of aryl methyl sites for hydroxylation is 1. The minimum atomic E-state index is -0.832. The van der Waals surface area contributed by atoms with Gasteiger partial charge in [0.05, 0.1) is 6.26 Å². The normalized spacial score (nSPS) is 12.8. The molecule has 66 valence electrons. The van der Waals surface area contributed by atoms with Gasteiger partial charge in [-0.2, -0.15) is 0 Å². The van der Waals surface area contributed by atoms with Gasteiger partial charge in [0.1, 0.15) is 10.6 Å². The second kappa shape index (κ2) is 4.30. The maximum absolute atomic E-state index is 10.4. The van der Waals surface area contributed by atoms with Crippen molar-refractivity contribution in [1.82, 2.24) is 0 Å². The van der Waals surface area contributed by atoms with Crippen LogP contribution in [0.5, 0.6) is 0 Å². The summed E-state index contributed by atoms with van der Waals surface area (Å²) in [7, 11) is 0. The van der Waals surface area contributed by atoms with E-state index >= 15 is 0 Å². The van der Waals surface area contributed by atoms with Gasteiger partial charge in [-0.3, -0.25) is 4.79 Å². The Morgan fingerprint density at radius 3 is 3.00 bits per heavy atom. The third-order valence-electron chi connectivity index (χ3n) is 1.49. The first-order valence-corrected chi connectivity index (χ1v) is 4.51. The number of halogens is 1. The largest absolute Gasteiger partial charge is 0.480 e.